The van der Waals surface area contributed by atoms with E-state index in [1.807, 2.05) is 6.26 Å². The lowest BCUT2D eigenvalue weighted by Gasteiger charge is -2.75. The number of aliphatic hydroxyl groups excluding tert-OH is 3. The van der Waals surface area contributed by atoms with Crippen molar-refractivity contribution in [2.45, 2.75) is 163 Å². The van der Waals surface area contributed by atoms with E-state index >= 15 is 14.4 Å². The van der Waals surface area contributed by atoms with E-state index in [0.29, 0.717) is 68.6 Å². The second-order valence-electron chi connectivity index (χ2n) is 30.7. The van der Waals surface area contributed by atoms with E-state index in [0.717, 1.165) is 87.7 Å². The van der Waals surface area contributed by atoms with Gasteiger partial charge in [0.25, 0.3) is 0 Å². The molecule has 1 aromatic carbocycles. The van der Waals surface area contributed by atoms with E-state index < -0.39 is 97.4 Å². The Balaban J connectivity index is 0.856. The van der Waals surface area contributed by atoms with Crippen molar-refractivity contribution in [2.24, 2.45) is 104 Å². The van der Waals surface area contributed by atoms with Crippen molar-refractivity contribution in [2.75, 3.05) is 26.4 Å². The summed E-state index contributed by atoms with van der Waals surface area (Å²) in [5, 5.41) is 41.5. The summed E-state index contributed by atoms with van der Waals surface area (Å²) in [6, 6.07) is 11.1. The largest absolute Gasteiger partial charge is 0.469 e. The van der Waals surface area contributed by atoms with Gasteiger partial charge in [0.05, 0.1) is 48.5 Å². The molecule has 7 spiro atoms. The SMILES string of the molecule is CC12CC=C3CC4CC5C=CC67C(=O)OCC8(C1C(=O)C(O)C19C%10CC(Cc%11ccccc%11)CCC%10C#CC%10CCc%11coc(CC(C(O)CO)C%12CCC%13C(C=CN%14CNCC%13%14)C%12)c%11C%10%11OC(=O)C%10OC%101C%11(C)CC(CC46C5)C89)C37O2. The highest BCUT2D eigenvalue weighted by atomic mass is 16.7. The Morgan fingerprint density at radius 1 is 0.976 bits per heavy atom. The molecule has 1 aromatic heterocycles. The second-order valence-corrected chi connectivity index (χ2v) is 30.7. The van der Waals surface area contributed by atoms with Gasteiger partial charge in [-0.15, -0.1) is 0 Å². The third-order valence-electron chi connectivity index (χ3n) is 28.5. The number of cyclic esters (lactones) is 1. The smallest absolute Gasteiger partial charge is 0.339 e. The lowest BCUT2D eigenvalue weighted by molar-refractivity contribution is -0.324. The molecule has 26 unspecified atom stereocenters. The van der Waals surface area contributed by atoms with Gasteiger partial charge in [0.2, 0.25) is 0 Å². The number of epoxide rings is 1. The Morgan fingerprint density at radius 2 is 1.85 bits per heavy atom. The van der Waals surface area contributed by atoms with Gasteiger partial charge in [-0.3, -0.25) is 14.9 Å². The number of nitrogens with zero attached hydrogens (tertiary/aromatic N) is 1. The fourth-order valence-electron chi connectivity index (χ4n) is 26.5. The number of hydrogen-bond acceptors (Lipinski definition) is 13. The molecule has 430 valence electrons. The quantitative estimate of drug-likeness (QED) is 0.0941. The van der Waals surface area contributed by atoms with E-state index in [2.05, 4.69) is 96.7 Å². The van der Waals surface area contributed by atoms with Crippen molar-refractivity contribution in [1.82, 2.24) is 10.2 Å². The van der Waals surface area contributed by atoms with Gasteiger partial charge in [0, 0.05) is 41.3 Å². The van der Waals surface area contributed by atoms with Gasteiger partial charge < -0.3 is 43.6 Å². The molecule has 82 heavy (non-hydrogen) atoms. The number of Topliss-reactive ketones (excluding diaryl/α,β-unsaturated/α-hetero) is 1. The summed E-state index contributed by atoms with van der Waals surface area (Å²) in [7, 11) is 0. The minimum atomic E-state index is -1.56. The van der Waals surface area contributed by atoms with E-state index in [1.54, 1.807) is 0 Å². The van der Waals surface area contributed by atoms with Crippen molar-refractivity contribution in [3.05, 3.63) is 95.1 Å². The molecule has 19 rings (SSSR count). The van der Waals surface area contributed by atoms with Crippen LogP contribution < -0.4 is 5.32 Å². The van der Waals surface area contributed by atoms with Gasteiger partial charge in [-0.25, -0.2) is 4.79 Å². The first kappa shape index (κ1) is 49.7. The lowest BCUT2D eigenvalue weighted by Crippen LogP contribution is -2.85. The molecular weight excluding hydrogens is 1030 g/mol. The molecule has 13 nitrogen and oxygen atoms in total. The number of ketones is 1. The monoisotopic (exact) mass is 1110 g/mol. The van der Waals surface area contributed by atoms with Gasteiger partial charge in [0.1, 0.15) is 35.1 Å². The van der Waals surface area contributed by atoms with Crippen molar-refractivity contribution in [3.8, 4) is 11.8 Å². The van der Waals surface area contributed by atoms with Crippen molar-refractivity contribution in [3.63, 3.8) is 0 Å². The number of carbonyl (C=O) groups excluding carboxylic acids is 3. The fourth-order valence-corrected chi connectivity index (χ4v) is 26.5. The van der Waals surface area contributed by atoms with Gasteiger partial charge in [-0.2, -0.15) is 0 Å². The van der Waals surface area contributed by atoms with Crippen LogP contribution in [0.25, 0.3) is 0 Å². The second kappa shape index (κ2) is 15.7. The third-order valence-corrected chi connectivity index (χ3v) is 28.5. The maximum atomic E-state index is 17.1. The zero-order valence-electron chi connectivity index (χ0n) is 47.4. The van der Waals surface area contributed by atoms with Crippen molar-refractivity contribution in [1.29, 1.82) is 0 Å². The topological polar surface area (TPSA) is 181 Å². The minimum absolute atomic E-state index is 0.00425. The molecule has 0 amide bonds. The standard InChI is InChI=1S/C69H78N2O11/c1-61-19-17-45-26-46-23-38-16-20-65-60(77)79-34-64(68(45,65)82-61)55-43(30-63(46,65)28-38)29-62(2)67-44(14-11-42-33-78-52(53(42)67)27-48(51(73)32-72)40-12-15-47-41(25-40)18-21-71-35-70-31-50(47)71)13-10-39-9-8-37(22-36-6-4-3-5-7-36)24-49(39)66(55,57(75)54(74)56(61)64)69(62)58(80-69)59(76)81-67/h3-7,16-18,20-21,33,37-41,43-44,46-51,55-58,70,72-73,75H,8-9,11-12,14-15,19,22-32,34-35H2,1-2H3. The molecule has 12 fully saturated rings. The predicted molar refractivity (Wildman–Crippen MR) is 295 cm³/mol. The summed E-state index contributed by atoms with van der Waals surface area (Å²) >= 11 is 0. The van der Waals surface area contributed by atoms with Crippen molar-refractivity contribution < 1.29 is 53.1 Å². The van der Waals surface area contributed by atoms with E-state index in [9.17, 15) is 15.3 Å². The van der Waals surface area contributed by atoms with Crippen LogP contribution in [-0.2, 0) is 58.2 Å². The Labute approximate surface area is 479 Å². The summed E-state index contributed by atoms with van der Waals surface area (Å²) in [6.07, 6.45) is 21.7. The number of aliphatic hydroxyl groups is 3. The Hall–Kier alpha value is -4.55. The number of ether oxygens (including phenoxy) is 4. The molecule has 0 radical (unpaired) electrons. The number of furan rings is 1. The first-order valence-corrected chi connectivity index (χ1v) is 32.2. The number of hydrogen-bond donors (Lipinski definition) is 4. The summed E-state index contributed by atoms with van der Waals surface area (Å²) in [6.45, 7) is 5.85. The summed E-state index contributed by atoms with van der Waals surface area (Å²) in [5.41, 5.74) is -6.43. The van der Waals surface area contributed by atoms with Crippen molar-refractivity contribution >= 4 is 17.7 Å². The van der Waals surface area contributed by atoms with E-state index in [4.69, 9.17) is 23.4 Å². The zero-order chi connectivity index (χ0) is 55.1. The lowest BCUT2D eigenvalue weighted by atomic mass is 9.27. The maximum absolute atomic E-state index is 17.1. The summed E-state index contributed by atoms with van der Waals surface area (Å²) in [4.78, 5) is 51.7. The Kier molecular flexibility index (Phi) is 9.52. The number of fused-ring (bicyclic) bond motifs is 8. The molecule has 10 aliphatic carbocycles. The van der Waals surface area contributed by atoms with Crippen LogP contribution in [0.2, 0.25) is 0 Å². The molecule has 17 aliphatic rings. The van der Waals surface area contributed by atoms with E-state index in [-0.39, 0.29) is 66.4 Å². The normalized spacial score (nSPS) is 54.0. The number of carbonyl (C=O) groups is 3. The van der Waals surface area contributed by atoms with Crippen LogP contribution in [0.5, 0.6) is 0 Å². The fraction of sp³-hybridized carbons (Fsp3) is 0.696. The van der Waals surface area contributed by atoms with Crippen LogP contribution in [0, 0.1) is 116 Å². The predicted octanol–water partition coefficient (Wildman–Crippen LogP) is 7.29. The number of aryl methyl sites for hydroxylation is 1. The average molecular weight is 1110 g/mol. The molecule has 5 saturated heterocycles. The maximum Gasteiger partial charge on any atom is 0.339 e. The highest BCUT2D eigenvalue weighted by molar-refractivity contribution is 5.95. The molecule has 7 saturated carbocycles. The number of allylic oxidation sites excluding steroid dienone is 2. The van der Waals surface area contributed by atoms with Crippen LogP contribution in [0.1, 0.15) is 120 Å². The van der Waals surface area contributed by atoms with Gasteiger partial charge in [-0.1, -0.05) is 73.4 Å². The molecule has 13 heteroatoms. The Morgan fingerprint density at radius 3 is 2.72 bits per heavy atom. The molecule has 4 N–H and O–H groups in total. The summed E-state index contributed by atoms with van der Waals surface area (Å²) in [5.74, 6) is 6.32. The minimum Gasteiger partial charge on any atom is -0.469 e. The molecular formula is C69H78N2O11. The first-order valence-electron chi connectivity index (χ1n) is 32.2. The zero-order valence-corrected chi connectivity index (χ0v) is 47.4. The first-order chi connectivity index (χ1) is 39.7. The molecule has 10 bridgehead atoms. The third kappa shape index (κ3) is 5.10. The Bertz CT molecular complexity index is 3380. The summed E-state index contributed by atoms with van der Waals surface area (Å²) < 4.78 is 37.5. The van der Waals surface area contributed by atoms with E-state index in [1.165, 1.54) is 5.56 Å². The highest BCUT2D eigenvalue weighted by Crippen LogP contribution is 2.93. The molecule has 8 heterocycles. The number of rotatable bonds is 7. The highest BCUT2D eigenvalue weighted by Gasteiger charge is 3.01. The number of esters is 2. The van der Waals surface area contributed by atoms with Gasteiger partial charge in [-0.05, 0) is 191 Å². The van der Waals surface area contributed by atoms with Crippen LogP contribution in [0.4, 0.5) is 0 Å². The van der Waals surface area contributed by atoms with Crippen LogP contribution in [0.15, 0.2) is 77.1 Å². The average Bonchev–Trinajstić information content (AvgIpc) is 1.39. The molecule has 26 atom stereocenters. The van der Waals surface area contributed by atoms with Crippen LogP contribution >= 0.6 is 0 Å². The molecule has 7 aliphatic heterocycles. The van der Waals surface area contributed by atoms with Crippen LogP contribution in [-0.4, -0.2) is 106 Å². The number of nitrogens with one attached hydrogen (secondary N) is 1. The van der Waals surface area contributed by atoms with Gasteiger partial charge >= 0.3 is 11.9 Å². The van der Waals surface area contributed by atoms with Gasteiger partial charge in [0.15, 0.2) is 17.5 Å². The van der Waals surface area contributed by atoms with Crippen LogP contribution in [0.3, 0.4) is 0 Å². The molecule has 2 aromatic rings. The number of benzene rings is 1.